The molecule has 5 heteroatoms. The van der Waals surface area contributed by atoms with E-state index in [1.54, 1.807) is 0 Å². The zero-order valence-corrected chi connectivity index (χ0v) is 11.9. The molecular formula is C15H22N2O3. The molecule has 1 heterocycles. The summed E-state index contributed by atoms with van der Waals surface area (Å²) < 4.78 is 0. The standard InChI is InChI=1S/C15H22N2O3/c1-2-9-16-13(18)8-5-10-17-14(19)11-6-3-4-7-12(11)15(17)20/h3-4,11-12H,2,5-10H2,1H3,(H,16,18)/t11-,12-/m1/s1. The van der Waals surface area contributed by atoms with E-state index in [0.717, 1.165) is 6.42 Å². The van der Waals surface area contributed by atoms with Crippen molar-refractivity contribution in [3.63, 3.8) is 0 Å². The lowest BCUT2D eigenvalue weighted by Gasteiger charge is -2.14. The van der Waals surface area contributed by atoms with Crippen LogP contribution in [0.1, 0.15) is 39.0 Å². The second kappa shape index (κ2) is 6.68. The van der Waals surface area contributed by atoms with E-state index in [1.807, 2.05) is 19.1 Å². The average molecular weight is 278 g/mol. The van der Waals surface area contributed by atoms with Crippen molar-refractivity contribution < 1.29 is 14.4 Å². The Hall–Kier alpha value is -1.65. The van der Waals surface area contributed by atoms with E-state index < -0.39 is 0 Å². The second-order valence-electron chi connectivity index (χ2n) is 5.44. The van der Waals surface area contributed by atoms with Crippen LogP contribution >= 0.6 is 0 Å². The van der Waals surface area contributed by atoms with Gasteiger partial charge in [-0.25, -0.2) is 0 Å². The maximum Gasteiger partial charge on any atom is 0.233 e. The molecule has 5 nitrogen and oxygen atoms in total. The summed E-state index contributed by atoms with van der Waals surface area (Å²) in [6, 6.07) is 0. The first kappa shape index (κ1) is 14.8. The fourth-order valence-corrected chi connectivity index (χ4v) is 2.84. The van der Waals surface area contributed by atoms with Gasteiger partial charge in [0.1, 0.15) is 0 Å². The Morgan fingerprint density at radius 3 is 2.40 bits per heavy atom. The topological polar surface area (TPSA) is 66.5 Å². The molecule has 3 amide bonds. The van der Waals surface area contributed by atoms with Gasteiger partial charge >= 0.3 is 0 Å². The predicted octanol–water partition coefficient (Wildman–Crippen LogP) is 1.24. The highest BCUT2D eigenvalue weighted by Gasteiger charge is 2.46. The molecule has 1 saturated heterocycles. The van der Waals surface area contributed by atoms with E-state index >= 15 is 0 Å². The largest absolute Gasteiger partial charge is 0.356 e. The molecule has 0 aromatic rings. The zero-order valence-electron chi connectivity index (χ0n) is 11.9. The van der Waals surface area contributed by atoms with Crippen molar-refractivity contribution in [3.05, 3.63) is 12.2 Å². The van der Waals surface area contributed by atoms with Gasteiger partial charge < -0.3 is 5.32 Å². The molecule has 1 N–H and O–H groups in total. The molecule has 0 saturated carbocycles. The first-order valence-corrected chi connectivity index (χ1v) is 7.42. The molecule has 1 aliphatic carbocycles. The minimum Gasteiger partial charge on any atom is -0.356 e. The highest BCUT2D eigenvalue weighted by Crippen LogP contribution is 2.34. The van der Waals surface area contributed by atoms with Crippen LogP contribution in [0.3, 0.4) is 0 Å². The molecule has 110 valence electrons. The Bertz CT molecular complexity index is 405. The van der Waals surface area contributed by atoms with Crippen LogP contribution in [0.2, 0.25) is 0 Å². The summed E-state index contributed by atoms with van der Waals surface area (Å²) in [5.41, 5.74) is 0. The molecule has 2 aliphatic rings. The fourth-order valence-electron chi connectivity index (χ4n) is 2.84. The number of nitrogens with zero attached hydrogens (tertiary/aromatic N) is 1. The van der Waals surface area contributed by atoms with Crippen LogP contribution in [0.5, 0.6) is 0 Å². The smallest absolute Gasteiger partial charge is 0.233 e. The lowest BCUT2D eigenvalue weighted by atomic mass is 9.85. The summed E-state index contributed by atoms with van der Waals surface area (Å²) in [7, 11) is 0. The van der Waals surface area contributed by atoms with Crippen molar-refractivity contribution in [1.29, 1.82) is 0 Å². The summed E-state index contributed by atoms with van der Waals surface area (Å²) >= 11 is 0. The number of nitrogens with one attached hydrogen (secondary N) is 1. The van der Waals surface area contributed by atoms with Crippen molar-refractivity contribution in [2.24, 2.45) is 11.8 Å². The summed E-state index contributed by atoms with van der Waals surface area (Å²) in [5.74, 6) is -0.454. The first-order chi connectivity index (χ1) is 9.65. The molecule has 2 rings (SSSR count). The molecule has 0 aromatic heterocycles. The van der Waals surface area contributed by atoms with Crippen molar-refractivity contribution in [2.75, 3.05) is 13.1 Å². The van der Waals surface area contributed by atoms with Crippen molar-refractivity contribution in [2.45, 2.75) is 39.0 Å². The molecule has 0 spiro atoms. The van der Waals surface area contributed by atoms with Crippen LogP contribution in [0, 0.1) is 11.8 Å². The van der Waals surface area contributed by atoms with Gasteiger partial charge in [-0.1, -0.05) is 19.1 Å². The summed E-state index contributed by atoms with van der Waals surface area (Å²) in [4.78, 5) is 37.2. The Balaban J connectivity index is 1.80. The van der Waals surface area contributed by atoms with Gasteiger partial charge in [0.15, 0.2) is 0 Å². The molecular weight excluding hydrogens is 256 g/mol. The van der Waals surface area contributed by atoms with Crippen LogP contribution in [0.25, 0.3) is 0 Å². The highest BCUT2D eigenvalue weighted by molar-refractivity contribution is 6.05. The Morgan fingerprint density at radius 2 is 1.85 bits per heavy atom. The van der Waals surface area contributed by atoms with Gasteiger partial charge in [0.2, 0.25) is 17.7 Å². The maximum absolute atomic E-state index is 12.2. The van der Waals surface area contributed by atoms with Gasteiger partial charge in [0, 0.05) is 19.5 Å². The molecule has 0 bridgehead atoms. The third-order valence-corrected chi connectivity index (χ3v) is 3.96. The van der Waals surface area contributed by atoms with Crippen LogP contribution < -0.4 is 5.32 Å². The Kier molecular flexibility index (Phi) is 4.93. The van der Waals surface area contributed by atoms with Gasteiger partial charge in [-0.05, 0) is 25.7 Å². The number of carbonyl (C=O) groups is 3. The van der Waals surface area contributed by atoms with Crippen molar-refractivity contribution >= 4 is 17.7 Å². The summed E-state index contributed by atoms with van der Waals surface area (Å²) in [6.45, 7) is 3.04. The van der Waals surface area contributed by atoms with E-state index in [9.17, 15) is 14.4 Å². The molecule has 0 aromatic carbocycles. The van der Waals surface area contributed by atoms with Gasteiger partial charge in [0.05, 0.1) is 11.8 Å². The van der Waals surface area contributed by atoms with Crippen LogP contribution in [0.4, 0.5) is 0 Å². The average Bonchev–Trinajstić information content (AvgIpc) is 2.70. The van der Waals surface area contributed by atoms with Crippen molar-refractivity contribution in [1.82, 2.24) is 10.2 Å². The number of imide groups is 1. The molecule has 0 unspecified atom stereocenters. The molecule has 0 radical (unpaired) electrons. The van der Waals surface area contributed by atoms with E-state index in [1.165, 1.54) is 4.90 Å². The highest BCUT2D eigenvalue weighted by atomic mass is 16.2. The monoisotopic (exact) mass is 278 g/mol. The van der Waals surface area contributed by atoms with Gasteiger partial charge in [-0.2, -0.15) is 0 Å². The van der Waals surface area contributed by atoms with Crippen LogP contribution in [-0.4, -0.2) is 35.7 Å². The van der Waals surface area contributed by atoms with Gasteiger partial charge in [-0.3, -0.25) is 19.3 Å². The fraction of sp³-hybridized carbons (Fsp3) is 0.667. The number of fused-ring (bicyclic) bond motifs is 1. The number of hydrogen-bond acceptors (Lipinski definition) is 3. The number of allylic oxidation sites excluding steroid dienone is 2. The number of carbonyl (C=O) groups excluding carboxylic acids is 3. The molecule has 1 fully saturated rings. The zero-order chi connectivity index (χ0) is 14.5. The minimum absolute atomic E-state index is 0.00923. The van der Waals surface area contributed by atoms with E-state index in [0.29, 0.717) is 38.8 Å². The van der Waals surface area contributed by atoms with E-state index in [2.05, 4.69) is 5.32 Å². The normalized spacial score (nSPS) is 24.9. The number of rotatable bonds is 6. The Morgan fingerprint density at radius 1 is 1.25 bits per heavy atom. The second-order valence-corrected chi connectivity index (χ2v) is 5.44. The third-order valence-electron chi connectivity index (χ3n) is 3.96. The lowest BCUT2D eigenvalue weighted by molar-refractivity contribution is -0.140. The van der Waals surface area contributed by atoms with Gasteiger partial charge in [0.25, 0.3) is 0 Å². The lowest BCUT2D eigenvalue weighted by Crippen LogP contribution is -2.33. The van der Waals surface area contributed by atoms with Crippen LogP contribution in [0.15, 0.2) is 12.2 Å². The maximum atomic E-state index is 12.2. The number of amides is 3. The summed E-state index contributed by atoms with van der Waals surface area (Å²) in [6.07, 6.45) is 7.11. The quantitative estimate of drug-likeness (QED) is 0.587. The molecule has 2 atom stereocenters. The number of likely N-dealkylation sites (tertiary alicyclic amines) is 1. The van der Waals surface area contributed by atoms with E-state index in [-0.39, 0.29) is 29.6 Å². The van der Waals surface area contributed by atoms with Gasteiger partial charge in [-0.15, -0.1) is 0 Å². The SMILES string of the molecule is CCCNC(=O)CCCN1C(=O)[C@@H]2CC=CC[C@H]2C1=O. The Labute approximate surface area is 119 Å². The molecule has 20 heavy (non-hydrogen) atoms. The molecule has 1 aliphatic heterocycles. The van der Waals surface area contributed by atoms with E-state index in [4.69, 9.17) is 0 Å². The number of hydrogen-bond donors (Lipinski definition) is 1. The third kappa shape index (κ3) is 3.08. The van der Waals surface area contributed by atoms with Crippen LogP contribution in [-0.2, 0) is 14.4 Å². The minimum atomic E-state index is -0.165. The summed E-state index contributed by atoms with van der Waals surface area (Å²) in [5, 5.41) is 2.79. The first-order valence-electron chi connectivity index (χ1n) is 7.42. The predicted molar refractivity (Wildman–Crippen MR) is 74.6 cm³/mol. The van der Waals surface area contributed by atoms with Crippen molar-refractivity contribution in [3.8, 4) is 0 Å².